The Balaban J connectivity index is 1.61. The van der Waals surface area contributed by atoms with Crippen LogP contribution in [0.25, 0.3) is 0 Å². The van der Waals surface area contributed by atoms with Crippen molar-refractivity contribution in [1.82, 2.24) is 4.90 Å². The lowest BCUT2D eigenvalue weighted by molar-refractivity contribution is 0.173. The number of rotatable bonds is 3. The summed E-state index contributed by atoms with van der Waals surface area (Å²) in [7, 11) is 0. The second-order valence-electron chi connectivity index (χ2n) is 6.52. The molecule has 0 saturated carbocycles. The highest BCUT2D eigenvalue weighted by molar-refractivity contribution is 5.55. The standard InChI is InChI=1S/C19H19NO5/c21-14-9-18-17(24-11-25-18)8-13(14)19(20-5-1-2-6-20)12-3-4-15-16(7-12)23-10-22-15/h3-4,7-9,19,21H,1-2,5-6,10-11H2. The largest absolute Gasteiger partial charge is 0.507 e. The lowest BCUT2D eigenvalue weighted by atomic mass is 9.95. The van der Waals surface area contributed by atoms with Crippen LogP contribution < -0.4 is 18.9 Å². The van der Waals surface area contributed by atoms with Crippen LogP contribution in [0.15, 0.2) is 30.3 Å². The molecule has 1 saturated heterocycles. The highest BCUT2D eigenvalue weighted by atomic mass is 16.7. The van der Waals surface area contributed by atoms with E-state index in [0.717, 1.165) is 48.6 Å². The number of likely N-dealkylation sites (tertiary alicyclic amines) is 1. The molecule has 2 aromatic rings. The molecule has 1 fully saturated rings. The van der Waals surface area contributed by atoms with Crippen molar-refractivity contribution in [3.63, 3.8) is 0 Å². The molecule has 3 aliphatic rings. The number of fused-ring (bicyclic) bond motifs is 2. The Bertz CT molecular complexity index is 816. The van der Waals surface area contributed by atoms with Crippen molar-refractivity contribution in [2.45, 2.75) is 18.9 Å². The number of hydrogen-bond acceptors (Lipinski definition) is 6. The summed E-state index contributed by atoms with van der Waals surface area (Å²) in [6.07, 6.45) is 2.32. The van der Waals surface area contributed by atoms with Crippen LogP contribution in [0.1, 0.15) is 30.0 Å². The number of hydrogen-bond donors (Lipinski definition) is 1. The fourth-order valence-corrected chi connectivity index (χ4v) is 3.84. The molecular formula is C19H19NO5. The Morgan fingerprint density at radius 1 is 0.800 bits per heavy atom. The number of benzene rings is 2. The fourth-order valence-electron chi connectivity index (χ4n) is 3.84. The molecule has 1 atom stereocenters. The number of ether oxygens (including phenoxy) is 4. The van der Waals surface area contributed by atoms with Gasteiger partial charge in [0.15, 0.2) is 23.0 Å². The van der Waals surface area contributed by atoms with Gasteiger partial charge in [0.05, 0.1) is 6.04 Å². The van der Waals surface area contributed by atoms with Gasteiger partial charge in [0.2, 0.25) is 13.6 Å². The zero-order valence-corrected chi connectivity index (χ0v) is 13.7. The van der Waals surface area contributed by atoms with E-state index >= 15 is 0 Å². The van der Waals surface area contributed by atoms with Crippen LogP contribution in [-0.4, -0.2) is 36.7 Å². The average molecular weight is 341 g/mol. The van der Waals surface area contributed by atoms with E-state index in [1.54, 1.807) is 6.07 Å². The Kier molecular flexibility index (Phi) is 3.38. The molecule has 6 nitrogen and oxygen atoms in total. The normalized spacial score (nSPS) is 19.4. The number of phenols is 1. The topological polar surface area (TPSA) is 60.4 Å². The molecular weight excluding hydrogens is 322 g/mol. The minimum absolute atomic E-state index is 0.0634. The van der Waals surface area contributed by atoms with Gasteiger partial charge in [-0.25, -0.2) is 0 Å². The minimum atomic E-state index is -0.0634. The third-order valence-corrected chi connectivity index (χ3v) is 5.03. The highest BCUT2D eigenvalue weighted by Gasteiger charge is 2.30. The number of phenolic OH excluding ortho intramolecular Hbond substituents is 1. The van der Waals surface area contributed by atoms with Crippen molar-refractivity contribution in [2.75, 3.05) is 26.7 Å². The van der Waals surface area contributed by atoms with Gasteiger partial charge >= 0.3 is 0 Å². The van der Waals surface area contributed by atoms with Crippen molar-refractivity contribution in [2.24, 2.45) is 0 Å². The molecule has 1 unspecified atom stereocenters. The maximum atomic E-state index is 10.6. The van der Waals surface area contributed by atoms with Crippen LogP contribution in [-0.2, 0) is 0 Å². The Morgan fingerprint density at radius 3 is 2.20 bits per heavy atom. The van der Waals surface area contributed by atoms with E-state index in [0.29, 0.717) is 11.5 Å². The molecule has 0 spiro atoms. The highest BCUT2D eigenvalue weighted by Crippen LogP contribution is 2.45. The van der Waals surface area contributed by atoms with E-state index in [2.05, 4.69) is 4.90 Å². The van der Waals surface area contributed by atoms with Crippen molar-refractivity contribution < 1.29 is 24.1 Å². The summed E-state index contributed by atoms with van der Waals surface area (Å²) in [6, 6.07) is 9.46. The monoisotopic (exact) mass is 341 g/mol. The zero-order chi connectivity index (χ0) is 16.8. The second kappa shape index (κ2) is 5.74. The maximum absolute atomic E-state index is 10.6. The van der Waals surface area contributed by atoms with Gasteiger partial charge in [-0.05, 0) is 49.7 Å². The first kappa shape index (κ1) is 14.7. The minimum Gasteiger partial charge on any atom is -0.507 e. The van der Waals surface area contributed by atoms with Gasteiger partial charge in [0.1, 0.15) is 5.75 Å². The molecule has 0 radical (unpaired) electrons. The predicted octanol–water partition coefficient (Wildman–Crippen LogP) is 3.03. The first-order valence-corrected chi connectivity index (χ1v) is 8.56. The molecule has 0 aromatic heterocycles. The Labute approximate surface area is 145 Å². The van der Waals surface area contributed by atoms with Gasteiger partial charge in [-0.3, -0.25) is 4.90 Å². The number of aromatic hydroxyl groups is 1. The third-order valence-electron chi connectivity index (χ3n) is 5.03. The van der Waals surface area contributed by atoms with E-state index in [1.165, 1.54) is 0 Å². The second-order valence-corrected chi connectivity index (χ2v) is 6.52. The van der Waals surface area contributed by atoms with Crippen molar-refractivity contribution in [1.29, 1.82) is 0 Å². The van der Waals surface area contributed by atoms with Crippen LogP contribution in [0.5, 0.6) is 28.7 Å². The van der Waals surface area contributed by atoms with Crippen LogP contribution >= 0.6 is 0 Å². The van der Waals surface area contributed by atoms with E-state index in [-0.39, 0.29) is 25.4 Å². The first-order chi connectivity index (χ1) is 12.3. The third kappa shape index (κ3) is 2.44. The summed E-state index contributed by atoms with van der Waals surface area (Å²) >= 11 is 0. The summed E-state index contributed by atoms with van der Waals surface area (Å²) in [4.78, 5) is 2.38. The van der Waals surface area contributed by atoms with E-state index in [1.807, 2.05) is 24.3 Å². The van der Waals surface area contributed by atoms with Crippen LogP contribution in [0.4, 0.5) is 0 Å². The first-order valence-electron chi connectivity index (χ1n) is 8.56. The van der Waals surface area contributed by atoms with E-state index < -0.39 is 0 Å². The SMILES string of the molecule is Oc1cc2c(cc1C(c1ccc3c(c1)OCO3)N1CCCC1)OCO2. The van der Waals surface area contributed by atoms with Crippen LogP contribution in [0.2, 0.25) is 0 Å². The molecule has 2 aromatic carbocycles. The Hall–Kier alpha value is -2.60. The molecule has 130 valence electrons. The molecule has 25 heavy (non-hydrogen) atoms. The van der Waals surface area contributed by atoms with Crippen molar-refractivity contribution >= 4 is 0 Å². The van der Waals surface area contributed by atoms with Crippen molar-refractivity contribution in [3.8, 4) is 28.7 Å². The smallest absolute Gasteiger partial charge is 0.231 e. The fraction of sp³-hybridized carbons (Fsp3) is 0.368. The molecule has 3 aliphatic heterocycles. The molecule has 6 heteroatoms. The van der Waals surface area contributed by atoms with Gasteiger partial charge in [0, 0.05) is 11.6 Å². The maximum Gasteiger partial charge on any atom is 0.231 e. The van der Waals surface area contributed by atoms with E-state index in [9.17, 15) is 5.11 Å². The molecule has 3 heterocycles. The molecule has 0 amide bonds. The molecule has 1 N–H and O–H groups in total. The summed E-state index contributed by atoms with van der Waals surface area (Å²) in [5, 5.41) is 10.6. The van der Waals surface area contributed by atoms with Crippen molar-refractivity contribution in [3.05, 3.63) is 41.5 Å². The van der Waals surface area contributed by atoms with Gasteiger partial charge in [-0.15, -0.1) is 0 Å². The Morgan fingerprint density at radius 2 is 1.44 bits per heavy atom. The van der Waals surface area contributed by atoms with E-state index in [4.69, 9.17) is 18.9 Å². The molecule has 0 bridgehead atoms. The average Bonchev–Trinajstić information content (AvgIpc) is 3.36. The summed E-state index contributed by atoms with van der Waals surface area (Å²) < 4.78 is 21.9. The lowest BCUT2D eigenvalue weighted by Crippen LogP contribution is -2.26. The number of nitrogens with zero attached hydrogens (tertiary/aromatic N) is 1. The van der Waals surface area contributed by atoms with Gasteiger partial charge in [-0.1, -0.05) is 6.07 Å². The van der Waals surface area contributed by atoms with Gasteiger partial charge in [0.25, 0.3) is 0 Å². The van der Waals surface area contributed by atoms with Gasteiger partial charge in [-0.2, -0.15) is 0 Å². The van der Waals surface area contributed by atoms with Crippen LogP contribution in [0, 0.1) is 0 Å². The summed E-state index contributed by atoms with van der Waals surface area (Å²) in [5.74, 6) is 3.00. The summed E-state index contributed by atoms with van der Waals surface area (Å²) in [6.45, 7) is 2.43. The molecule has 0 aliphatic carbocycles. The summed E-state index contributed by atoms with van der Waals surface area (Å²) in [5.41, 5.74) is 1.89. The zero-order valence-electron chi connectivity index (χ0n) is 13.7. The quantitative estimate of drug-likeness (QED) is 0.926. The predicted molar refractivity (Wildman–Crippen MR) is 89.4 cm³/mol. The molecule has 5 rings (SSSR count). The lowest BCUT2D eigenvalue weighted by Gasteiger charge is -2.29. The van der Waals surface area contributed by atoms with Gasteiger partial charge < -0.3 is 24.1 Å². The van der Waals surface area contributed by atoms with Crippen LogP contribution in [0.3, 0.4) is 0 Å².